The zero-order valence-corrected chi connectivity index (χ0v) is 7.93. The maximum atomic E-state index is 8.84. The molecule has 1 nitrogen and oxygen atoms in total. The minimum Gasteiger partial charge on any atom is -0.198 e. The van der Waals surface area contributed by atoms with E-state index in [0.717, 1.165) is 25.7 Å². The second-order valence-electron chi connectivity index (χ2n) is 3.10. The van der Waals surface area contributed by atoms with Crippen LogP contribution in [0, 0.1) is 23.2 Å². The van der Waals surface area contributed by atoms with Gasteiger partial charge in [0.1, 0.15) is 0 Å². The molecule has 0 saturated carbocycles. The van der Waals surface area contributed by atoms with E-state index in [2.05, 4.69) is 26.8 Å². The number of nitriles is 1. The average Bonchev–Trinajstić information content (AvgIpc) is 2.05. The third-order valence-electron chi connectivity index (χ3n) is 2.38. The van der Waals surface area contributed by atoms with Crippen molar-refractivity contribution < 1.29 is 0 Å². The van der Waals surface area contributed by atoms with Crippen molar-refractivity contribution in [2.75, 3.05) is 0 Å². The van der Waals surface area contributed by atoms with E-state index in [4.69, 9.17) is 5.26 Å². The summed E-state index contributed by atoms with van der Waals surface area (Å²) in [5.74, 6) is 0.926. The molecule has 11 heavy (non-hydrogen) atoms. The maximum absolute atomic E-state index is 8.84. The highest BCUT2D eigenvalue weighted by atomic mass is 14.3. The van der Waals surface area contributed by atoms with Crippen LogP contribution < -0.4 is 0 Å². The van der Waals surface area contributed by atoms with Crippen molar-refractivity contribution in [2.24, 2.45) is 11.8 Å². The van der Waals surface area contributed by atoms with Crippen LogP contribution in [0.25, 0.3) is 0 Å². The van der Waals surface area contributed by atoms with Crippen LogP contribution in [0.1, 0.15) is 46.5 Å². The zero-order chi connectivity index (χ0) is 8.69. The number of hydrogen-bond donors (Lipinski definition) is 0. The predicted octanol–water partition coefficient (Wildman–Crippen LogP) is 3.36. The third-order valence-corrected chi connectivity index (χ3v) is 2.38. The zero-order valence-electron chi connectivity index (χ0n) is 7.93. The molecule has 0 spiro atoms. The molecule has 0 aliphatic rings. The molecule has 0 aromatic carbocycles. The summed E-state index contributed by atoms with van der Waals surface area (Å²) < 4.78 is 0. The molecular formula is C10H19N. The van der Waals surface area contributed by atoms with E-state index in [1.54, 1.807) is 0 Å². The summed E-state index contributed by atoms with van der Waals surface area (Å²) in [6.07, 6.45) is 4.50. The first kappa shape index (κ1) is 10.5. The van der Waals surface area contributed by atoms with Crippen LogP contribution in [0.2, 0.25) is 0 Å². The van der Waals surface area contributed by atoms with Gasteiger partial charge in [0.05, 0.1) is 6.07 Å². The van der Waals surface area contributed by atoms with Crippen molar-refractivity contribution in [3.63, 3.8) is 0 Å². The Bertz CT molecular complexity index is 119. The normalized spacial score (nSPS) is 13.0. The van der Waals surface area contributed by atoms with Crippen molar-refractivity contribution in [1.82, 2.24) is 0 Å². The van der Waals surface area contributed by atoms with Crippen molar-refractivity contribution in [3.8, 4) is 6.07 Å². The highest BCUT2D eigenvalue weighted by Crippen LogP contribution is 2.22. The SMILES string of the molecule is CCC[C@@H](C#N)C(CC)CC. The van der Waals surface area contributed by atoms with Gasteiger partial charge in [-0.3, -0.25) is 0 Å². The first-order valence-electron chi connectivity index (χ1n) is 4.69. The molecule has 0 fully saturated rings. The van der Waals surface area contributed by atoms with E-state index < -0.39 is 0 Å². The Balaban J connectivity index is 3.89. The van der Waals surface area contributed by atoms with Crippen LogP contribution in [0.4, 0.5) is 0 Å². The van der Waals surface area contributed by atoms with E-state index in [1.165, 1.54) is 0 Å². The van der Waals surface area contributed by atoms with Gasteiger partial charge in [-0.2, -0.15) is 5.26 Å². The fourth-order valence-corrected chi connectivity index (χ4v) is 1.57. The van der Waals surface area contributed by atoms with Crippen molar-refractivity contribution in [1.29, 1.82) is 5.26 Å². The van der Waals surface area contributed by atoms with E-state index in [9.17, 15) is 0 Å². The predicted molar refractivity (Wildman–Crippen MR) is 48.1 cm³/mol. The molecule has 0 aliphatic carbocycles. The highest BCUT2D eigenvalue weighted by Gasteiger charge is 2.16. The van der Waals surface area contributed by atoms with Gasteiger partial charge in [-0.15, -0.1) is 0 Å². The minimum absolute atomic E-state index is 0.301. The lowest BCUT2D eigenvalue weighted by molar-refractivity contribution is 0.358. The molecular weight excluding hydrogens is 134 g/mol. The fourth-order valence-electron chi connectivity index (χ4n) is 1.57. The quantitative estimate of drug-likeness (QED) is 0.594. The third kappa shape index (κ3) is 3.41. The molecule has 0 saturated heterocycles. The Morgan fingerprint density at radius 1 is 1.18 bits per heavy atom. The first-order valence-corrected chi connectivity index (χ1v) is 4.69. The molecule has 0 radical (unpaired) electrons. The summed E-state index contributed by atoms with van der Waals surface area (Å²) in [5.41, 5.74) is 0. The van der Waals surface area contributed by atoms with Gasteiger partial charge in [0, 0.05) is 5.92 Å². The van der Waals surface area contributed by atoms with Gasteiger partial charge in [0.2, 0.25) is 0 Å². The van der Waals surface area contributed by atoms with Crippen LogP contribution in [0.5, 0.6) is 0 Å². The summed E-state index contributed by atoms with van der Waals surface area (Å²) in [4.78, 5) is 0. The maximum Gasteiger partial charge on any atom is 0.0658 e. The summed E-state index contributed by atoms with van der Waals surface area (Å²) in [6, 6.07) is 2.40. The van der Waals surface area contributed by atoms with Gasteiger partial charge in [0.15, 0.2) is 0 Å². The molecule has 64 valence electrons. The van der Waals surface area contributed by atoms with Crippen molar-refractivity contribution >= 4 is 0 Å². The lowest BCUT2D eigenvalue weighted by atomic mass is 9.86. The van der Waals surface area contributed by atoms with E-state index >= 15 is 0 Å². The molecule has 0 bridgehead atoms. The Kier molecular flexibility index (Phi) is 5.93. The fraction of sp³-hybridized carbons (Fsp3) is 0.900. The molecule has 0 rings (SSSR count). The second-order valence-corrected chi connectivity index (χ2v) is 3.10. The Hall–Kier alpha value is -0.510. The summed E-state index contributed by atoms with van der Waals surface area (Å²) in [7, 11) is 0. The van der Waals surface area contributed by atoms with Crippen LogP contribution >= 0.6 is 0 Å². The van der Waals surface area contributed by atoms with Gasteiger partial charge in [0.25, 0.3) is 0 Å². The van der Waals surface area contributed by atoms with E-state index in [1.807, 2.05) is 0 Å². The summed E-state index contributed by atoms with van der Waals surface area (Å²) in [5, 5.41) is 8.84. The molecule has 1 heteroatoms. The summed E-state index contributed by atoms with van der Waals surface area (Å²) >= 11 is 0. The average molecular weight is 153 g/mol. The molecule has 0 aromatic rings. The first-order chi connectivity index (χ1) is 5.29. The van der Waals surface area contributed by atoms with Gasteiger partial charge in [-0.25, -0.2) is 0 Å². The smallest absolute Gasteiger partial charge is 0.0658 e. The second kappa shape index (κ2) is 6.22. The highest BCUT2D eigenvalue weighted by molar-refractivity contribution is 4.86. The monoisotopic (exact) mass is 153 g/mol. The van der Waals surface area contributed by atoms with Gasteiger partial charge < -0.3 is 0 Å². The van der Waals surface area contributed by atoms with Crippen LogP contribution in [-0.2, 0) is 0 Å². The lowest BCUT2D eigenvalue weighted by Crippen LogP contribution is -2.10. The molecule has 0 aliphatic heterocycles. The van der Waals surface area contributed by atoms with Crippen molar-refractivity contribution in [3.05, 3.63) is 0 Å². The van der Waals surface area contributed by atoms with Crippen LogP contribution in [-0.4, -0.2) is 0 Å². The minimum atomic E-state index is 0.301. The molecule has 0 amide bonds. The Morgan fingerprint density at radius 2 is 1.73 bits per heavy atom. The van der Waals surface area contributed by atoms with Gasteiger partial charge in [-0.1, -0.05) is 40.0 Å². The van der Waals surface area contributed by atoms with Crippen LogP contribution in [0.3, 0.4) is 0 Å². The number of rotatable bonds is 5. The standard InChI is InChI=1S/C10H19N/c1-4-7-10(8-11)9(5-2)6-3/h9-10H,4-7H2,1-3H3/t10-/m0/s1. The largest absolute Gasteiger partial charge is 0.198 e. The van der Waals surface area contributed by atoms with Gasteiger partial charge >= 0.3 is 0 Å². The Labute approximate surface area is 70.4 Å². The summed E-state index contributed by atoms with van der Waals surface area (Å²) in [6.45, 7) is 6.50. The molecule has 0 aromatic heterocycles. The molecule has 0 unspecified atom stereocenters. The Morgan fingerprint density at radius 3 is 2.00 bits per heavy atom. The van der Waals surface area contributed by atoms with Crippen molar-refractivity contribution in [2.45, 2.75) is 46.5 Å². The molecule has 0 N–H and O–H groups in total. The van der Waals surface area contributed by atoms with Gasteiger partial charge in [-0.05, 0) is 12.3 Å². The molecule has 1 atom stereocenters. The van der Waals surface area contributed by atoms with E-state index in [0.29, 0.717) is 11.8 Å². The molecule has 0 heterocycles. The topological polar surface area (TPSA) is 23.8 Å². The number of nitrogens with zero attached hydrogens (tertiary/aromatic N) is 1. The number of hydrogen-bond acceptors (Lipinski definition) is 1. The van der Waals surface area contributed by atoms with Crippen LogP contribution in [0.15, 0.2) is 0 Å². The lowest BCUT2D eigenvalue weighted by Gasteiger charge is -2.17. The van der Waals surface area contributed by atoms with E-state index in [-0.39, 0.29) is 0 Å².